The third kappa shape index (κ3) is 2.06. The maximum atomic E-state index is 11.8. The van der Waals surface area contributed by atoms with Crippen LogP contribution in [0.1, 0.15) is 50.9 Å². The highest BCUT2D eigenvalue weighted by molar-refractivity contribution is 5.20. The van der Waals surface area contributed by atoms with Crippen LogP contribution in [0.5, 0.6) is 0 Å². The molecule has 0 amide bonds. The van der Waals surface area contributed by atoms with Gasteiger partial charge < -0.3 is 4.57 Å². The van der Waals surface area contributed by atoms with Gasteiger partial charge in [0.15, 0.2) is 0 Å². The van der Waals surface area contributed by atoms with Gasteiger partial charge in [0.05, 0.1) is 0 Å². The second-order valence-corrected chi connectivity index (χ2v) is 4.39. The van der Waals surface area contributed by atoms with Crippen LogP contribution in [-0.4, -0.2) is 4.57 Å². The van der Waals surface area contributed by atoms with Gasteiger partial charge in [-0.15, -0.1) is 0 Å². The zero-order valence-corrected chi connectivity index (χ0v) is 9.66. The van der Waals surface area contributed by atoms with Gasteiger partial charge >= 0.3 is 0 Å². The molecule has 1 aromatic heterocycles. The molecule has 0 spiro atoms. The number of pyridine rings is 1. The highest BCUT2D eigenvalue weighted by Crippen LogP contribution is 2.15. The maximum Gasteiger partial charge on any atom is 0.251 e. The van der Waals surface area contributed by atoms with Crippen LogP contribution in [0.4, 0.5) is 0 Å². The Labute approximate surface area is 85.6 Å². The zero-order chi connectivity index (χ0) is 10.9. The molecule has 0 radical (unpaired) electrons. The molecule has 0 aliphatic rings. The fourth-order valence-corrected chi connectivity index (χ4v) is 1.73. The van der Waals surface area contributed by atoms with Gasteiger partial charge in [-0.1, -0.05) is 13.8 Å². The molecule has 0 atom stereocenters. The Bertz CT molecular complexity index is 374. The Morgan fingerprint density at radius 2 is 1.71 bits per heavy atom. The SMILES string of the molecule is Cc1cc(C(C)C)cc(=O)n1C(C)C. The first-order valence-electron chi connectivity index (χ1n) is 5.16. The minimum absolute atomic E-state index is 0.115. The summed E-state index contributed by atoms with van der Waals surface area (Å²) in [6.45, 7) is 10.3. The van der Waals surface area contributed by atoms with Gasteiger partial charge in [-0.2, -0.15) is 0 Å². The smallest absolute Gasteiger partial charge is 0.251 e. The summed E-state index contributed by atoms with van der Waals surface area (Å²) < 4.78 is 1.83. The predicted molar refractivity (Wildman–Crippen MR) is 59.9 cm³/mol. The molecular weight excluding hydrogens is 174 g/mol. The van der Waals surface area contributed by atoms with E-state index in [0.717, 1.165) is 11.3 Å². The van der Waals surface area contributed by atoms with E-state index in [1.807, 2.05) is 25.3 Å². The van der Waals surface area contributed by atoms with Gasteiger partial charge in [0, 0.05) is 17.8 Å². The Morgan fingerprint density at radius 1 is 1.14 bits per heavy atom. The van der Waals surface area contributed by atoms with Gasteiger partial charge in [-0.05, 0) is 38.3 Å². The van der Waals surface area contributed by atoms with Crippen molar-refractivity contribution in [2.75, 3.05) is 0 Å². The number of aryl methyl sites for hydroxylation is 1. The monoisotopic (exact) mass is 193 g/mol. The standard InChI is InChI=1S/C12H19NO/c1-8(2)11-6-10(5)13(9(3)4)12(14)7-11/h6-9H,1-5H3. The summed E-state index contributed by atoms with van der Waals surface area (Å²) in [7, 11) is 0. The van der Waals surface area contributed by atoms with Crippen molar-refractivity contribution in [2.45, 2.75) is 46.6 Å². The van der Waals surface area contributed by atoms with Crippen LogP contribution in [0.15, 0.2) is 16.9 Å². The van der Waals surface area contributed by atoms with Crippen LogP contribution in [0, 0.1) is 6.92 Å². The maximum absolute atomic E-state index is 11.8. The molecule has 0 aromatic carbocycles. The van der Waals surface area contributed by atoms with Gasteiger partial charge in [-0.3, -0.25) is 4.79 Å². The Balaban J connectivity index is 3.33. The van der Waals surface area contributed by atoms with Crippen molar-refractivity contribution in [3.63, 3.8) is 0 Å². The Hall–Kier alpha value is -1.05. The Morgan fingerprint density at radius 3 is 2.07 bits per heavy atom. The van der Waals surface area contributed by atoms with Crippen molar-refractivity contribution >= 4 is 0 Å². The first-order valence-corrected chi connectivity index (χ1v) is 5.16. The average molecular weight is 193 g/mol. The number of nitrogens with zero attached hydrogens (tertiary/aromatic N) is 1. The molecular formula is C12H19NO. The van der Waals surface area contributed by atoms with Crippen molar-refractivity contribution in [1.82, 2.24) is 4.57 Å². The molecule has 0 N–H and O–H groups in total. The molecule has 1 rings (SSSR count). The fraction of sp³-hybridized carbons (Fsp3) is 0.583. The lowest BCUT2D eigenvalue weighted by atomic mass is 10.0. The molecule has 0 saturated heterocycles. The fourth-order valence-electron chi connectivity index (χ4n) is 1.73. The minimum atomic E-state index is 0.115. The van der Waals surface area contributed by atoms with Crippen molar-refractivity contribution in [3.05, 3.63) is 33.7 Å². The normalized spacial score (nSPS) is 11.4. The molecule has 0 fully saturated rings. The van der Waals surface area contributed by atoms with Crippen molar-refractivity contribution in [3.8, 4) is 0 Å². The summed E-state index contributed by atoms with van der Waals surface area (Å²) >= 11 is 0. The van der Waals surface area contributed by atoms with Crippen molar-refractivity contribution in [2.24, 2.45) is 0 Å². The van der Waals surface area contributed by atoms with Gasteiger partial charge in [0.25, 0.3) is 5.56 Å². The number of hydrogen-bond donors (Lipinski definition) is 0. The molecule has 1 heterocycles. The molecule has 78 valence electrons. The van der Waals surface area contributed by atoms with Gasteiger partial charge in [0.1, 0.15) is 0 Å². The molecule has 2 nitrogen and oxygen atoms in total. The average Bonchev–Trinajstić information content (AvgIpc) is 2.01. The summed E-state index contributed by atoms with van der Waals surface area (Å²) in [4.78, 5) is 11.8. The third-order valence-corrected chi connectivity index (χ3v) is 2.47. The number of rotatable bonds is 2. The van der Waals surface area contributed by atoms with E-state index in [1.165, 1.54) is 0 Å². The molecule has 2 heteroatoms. The first kappa shape index (κ1) is 11.0. The molecule has 14 heavy (non-hydrogen) atoms. The highest BCUT2D eigenvalue weighted by Gasteiger charge is 2.07. The molecule has 0 unspecified atom stereocenters. The van der Waals surface area contributed by atoms with E-state index in [0.29, 0.717) is 5.92 Å². The van der Waals surface area contributed by atoms with Crippen molar-refractivity contribution < 1.29 is 0 Å². The minimum Gasteiger partial charge on any atom is -0.310 e. The quantitative estimate of drug-likeness (QED) is 0.708. The van der Waals surface area contributed by atoms with E-state index in [-0.39, 0.29) is 11.6 Å². The van der Waals surface area contributed by atoms with E-state index >= 15 is 0 Å². The highest BCUT2D eigenvalue weighted by atomic mass is 16.1. The van der Waals surface area contributed by atoms with E-state index < -0.39 is 0 Å². The lowest BCUT2D eigenvalue weighted by molar-refractivity contribution is 0.560. The van der Waals surface area contributed by atoms with Crippen LogP contribution in [0.25, 0.3) is 0 Å². The second kappa shape index (κ2) is 3.99. The summed E-state index contributed by atoms with van der Waals surface area (Å²) in [5.74, 6) is 0.420. The lowest BCUT2D eigenvalue weighted by Crippen LogP contribution is -2.24. The van der Waals surface area contributed by atoms with E-state index in [2.05, 4.69) is 19.9 Å². The third-order valence-electron chi connectivity index (χ3n) is 2.47. The molecule has 1 aromatic rings. The summed E-state index contributed by atoms with van der Waals surface area (Å²) in [6.07, 6.45) is 0. The summed E-state index contributed by atoms with van der Waals surface area (Å²) in [6, 6.07) is 4.09. The topological polar surface area (TPSA) is 22.0 Å². The van der Waals surface area contributed by atoms with E-state index in [1.54, 1.807) is 6.07 Å². The van der Waals surface area contributed by atoms with Crippen LogP contribution >= 0.6 is 0 Å². The Kier molecular flexibility index (Phi) is 3.14. The molecule has 0 bridgehead atoms. The lowest BCUT2D eigenvalue weighted by Gasteiger charge is -2.16. The number of aromatic nitrogens is 1. The number of hydrogen-bond acceptors (Lipinski definition) is 1. The second-order valence-electron chi connectivity index (χ2n) is 4.39. The molecule has 0 saturated carbocycles. The van der Waals surface area contributed by atoms with Crippen molar-refractivity contribution in [1.29, 1.82) is 0 Å². The van der Waals surface area contributed by atoms with Gasteiger partial charge in [0.2, 0.25) is 0 Å². The zero-order valence-electron chi connectivity index (χ0n) is 9.66. The van der Waals surface area contributed by atoms with Crippen LogP contribution in [0.3, 0.4) is 0 Å². The van der Waals surface area contributed by atoms with Crippen LogP contribution in [0.2, 0.25) is 0 Å². The van der Waals surface area contributed by atoms with Crippen LogP contribution in [-0.2, 0) is 0 Å². The summed E-state index contributed by atoms with van der Waals surface area (Å²) in [5.41, 5.74) is 2.30. The van der Waals surface area contributed by atoms with Crippen LogP contribution < -0.4 is 5.56 Å². The molecule has 0 aliphatic heterocycles. The largest absolute Gasteiger partial charge is 0.310 e. The molecule has 0 aliphatic carbocycles. The first-order chi connectivity index (χ1) is 6.43. The summed E-state index contributed by atoms with van der Waals surface area (Å²) in [5, 5.41) is 0. The van der Waals surface area contributed by atoms with E-state index in [4.69, 9.17) is 0 Å². The van der Waals surface area contributed by atoms with E-state index in [9.17, 15) is 4.79 Å². The predicted octanol–water partition coefficient (Wildman–Crippen LogP) is 2.86. The van der Waals surface area contributed by atoms with Gasteiger partial charge in [-0.25, -0.2) is 0 Å².